The fourth-order valence-corrected chi connectivity index (χ4v) is 2.13. The zero-order valence-electron chi connectivity index (χ0n) is 7.86. The Morgan fingerprint density at radius 3 is 3.00 bits per heavy atom. The van der Waals surface area contributed by atoms with Gasteiger partial charge in [-0.2, -0.15) is 11.3 Å². The van der Waals surface area contributed by atoms with Gasteiger partial charge in [-0.05, 0) is 47.4 Å². The van der Waals surface area contributed by atoms with Crippen LogP contribution >= 0.6 is 23.1 Å². The molecule has 0 spiro atoms. The largest absolute Gasteiger partial charge is 0.385 e. The van der Waals surface area contributed by atoms with Crippen LogP contribution in [0.4, 0.5) is 0 Å². The Kier molecular flexibility index (Phi) is 4.03. The van der Waals surface area contributed by atoms with E-state index in [-0.39, 0.29) is 0 Å². The summed E-state index contributed by atoms with van der Waals surface area (Å²) in [6.07, 6.45) is 4.68. The van der Waals surface area contributed by atoms with Crippen molar-refractivity contribution in [3.8, 4) is 0 Å². The predicted octanol–water partition coefficient (Wildman–Crippen LogP) is 3.22. The molecule has 1 nitrogen and oxygen atoms in total. The third kappa shape index (κ3) is 3.18. The molecule has 0 aliphatic rings. The van der Waals surface area contributed by atoms with Gasteiger partial charge in [-0.25, -0.2) is 0 Å². The molecule has 0 aliphatic carbocycles. The second-order valence-electron chi connectivity index (χ2n) is 3.10. The minimum absolute atomic E-state index is 0.671. The fourth-order valence-electron chi connectivity index (χ4n) is 1.06. The van der Waals surface area contributed by atoms with Crippen LogP contribution in [0.5, 0.6) is 0 Å². The minimum atomic E-state index is -0.716. The molecule has 13 heavy (non-hydrogen) atoms. The number of thiophene rings is 1. The van der Waals surface area contributed by atoms with E-state index in [2.05, 4.69) is 0 Å². The van der Waals surface area contributed by atoms with Crippen LogP contribution in [0.15, 0.2) is 28.3 Å². The van der Waals surface area contributed by atoms with Gasteiger partial charge >= 0.3 is 0 Å². The van der Waals surface area contributed by atoms with E-state index in [9.17, 15) is 5.11 Å². The summed E-state index contributed by atoms with van der Waals surface area (Å²) in [7, 11) is 0. The van der Waals surface area contributed by atoms with Crippen LogP contribution in [0, 0.1) is 0 Å². The molecule has 0 bridgehead atoms. The molecule has 3 heteroatoms. The van der Waals surface area contributed by atoms with Crippen LogP contribution in [-0.4, -0.2) is 11.4 Å². The molecule has 0 amide bonds. The lowest BCUT2D eigenvalue weighted by Gasteiger charge is -2.20. The summed E-state index contributed by atoms with van der Waals surface area (Å²) in [5.41, 5.74) is 0.287. The molecule has 0 saturated carbocycles. The van der Waals surface area contributed by atoms with E-state index < -0.39 is 5.60 Å². The average molecular weight is 214 g/mol. The normalized spacial score (nSPS) is 16.2. The smallest absolute Gasteiger partial charge is 0.0911 e. The Balaban J connectivity index is 2.61. The van der Waals surface area contributed by atoms with Gasteiger partial charge in [0.15, 0.2) is 0 Å². The molecule has 0 aliphatic heterocycles. The molecule has 1 rings (SSSR count). The second-order valence-corrected chi connectivity index (χ2v) is 4.62. The third-order valence-electron chi connectivity index (χ3n) is 1.89. The molecule has 1 aromatic rings. The summed E-state index contributed by atoms with van der Waals surface area (Å²) >= 11 is 3.27. The Hall–Kier alpha value is -0.250. The maximum atomic E-state index is 10.0. The third-order valence-corrected chi connectivity index (χ3v) is 3.04. The monoisotopic (exact) mass is 214 g/mol. The molecular formula is C10H14OS2. The Labute approximate surface area is 87.5 Å². The molecule has 0 saturated heterocycles. The zero-order chi connectivity index (χ0) is 9.73. The first-order chi connectivity index (χ1) is 6.17. The SMILES string of the molecule is CS/C=C\CC(C)(O)c1ccsc1. The van der Waals surface area contributed by atoms with Gasteiger partial charge in [0.2, 0.25) is 0 Å². The van der Waals surface area contributed by atoms with Crippen molar-refractivity contribution in [3.05, 3.63) is 33.9 Å². The molecule has 1 unspecified atom stereocenters. The first-order valence-corrected chi connectivity index (χ1v) is 6.33. The van der Waals surface area contributed by atoms with Crippen molar-refractivity contribution in [1.82, 2.24) is 0 Å². The molecule has 1 aromatic heterocycles. The predicted molar refractivity (Wildman–Crippen MR) is 61.2 cm³/mol. The van der Waals surface area contributed by atoms with Crippen molar-refractivity contribution in [2.75, 3.05) is 6.26 Å². The van der Waals surface area contributed by atoms with Crippen LogP contribution < -0.4 is 0 Å². The molecule has 0 radical (unpaired) electrons. The summed E-state index contributed by atoms with van der Waals surface area (Å²) in [5, 5.41) is 16.0. The van der Waals surface area contributed by atoms with E-state index in [0.29, 0.717) is 6.42 Å². The van der Waals surface area contributed by atoms with Gasteiger partial charge in [-0.3, -0.25) is 0 Å². The van der Waals surface area contributed by atoms with Crippen molar-refractivity contribution in [1.29, 1.82) is 0 Å². The summed E-state index contributed by atoms with van der Waals surface area (Å²) < 4.78 is 0. The molecule has 1 N–H and O–H groups in total. The van der Waals surface area contributed by atoms with Crippen LogP contribution in [0.3, 0.4) is 0 Å². The van der Waals surface area contributed by atoms with Gasteiger partial charge in [0.1, 0.15) is 0 Å². The molecule has 1 heterocycles. The second kappa shape index (κ2) is 4.84. The lowest BCUT2D eigenvalue weighted by Crippen LogP contribution is -2.18. The Bertz CT molecular complexity index is 262. The number of rotatable bonds is 4. The van der Waals surface area contributed by atoms with Crippen LogP contribution in [0.2, 0.25) is 0 Å². The van der Waals surface area contributed by atoms with Crippen molar-refractivity contribution < 1.29 is 5.11 Å². The van der Waals surface area contributed by atoms with Crippen LogP contribution in [0.25, 0.3) is 0 Å². The number of aliphatic hydroxyl groups is 1. The van der Waals surface area contributed by atoms with Gasteiger partial charge in [-0.15, -0.1) is 11.8 Å². The average Bonchev–Trinajstić information content (AvgIpc) is 2.56. The maximum absolute atomic E-state index is 10.0. The lowest BCUT2D eigenvalue weighted by molar-refractivity contribution is 0.0611. The summed E-state index contributed by atoms with van der Waals surface area (Å²) in [6.45, 7) is 1.85. The van der Waals surface area contributed by atoms with Gasteiger partial charge in [0.05, 0.1) is 5.60 Å². The van der Waals surface area contributed by atoms with E-state index in [0.717, 1.165) is 5.56 Å². The maximum Gasteiger partial charge on any atom is 0.0911 e. The molecule has 72 valence electrons. The molecule has 0 fully saturated rings. The highest BCUT2D eigenvalue weighted by Crippen LogP contribution is 2.26. The van der Waals surface area contributed by atoms with E-state index in [4.69, 9.17) is 0 Å². The summed E-state index contributed by atoms with van der Waals surface area (Å²) in [6, 6.07) is 1.97. The molecule has 1 atom stereocenters. The number of hydrogen-bond acceptors (Lipinski definition) is 3. The molecular weight excluding hydrogens is 200 g/mol. The van der Waals surface area contributed by atoms with Crippen LogP contribution in [0.1, 0.15) is 18.9 Å². The Morgan fingerprint density at radius 1 is 1.69 bits per heavy atom. The standard InChI is InChI=1S/C10H14OS2/c1-10(11,5-3-6-12-2)9-4-7-13-8-9/h3-4,6-8,11H,5H2,1-2H3/b6-3-. The summed E-state index contributed by atoms with van der Waals surface area (Å²) in [4.78, 5) is 0. The van der Waals surface area contributed by atoms with Gasteiger partial charge in [-0.1, -0.05) is 6.08 Å². The number of thioether (sulfide) groups is 1. The quantitative estimate of drug-likeness (QED) is 0.830. The highest BCUT2D eigenvalue weighted by molar-refractivity contribution is 8.01. The number of hydrogen-bond donors (Lipinski definition) is 1. The van der Waals surface area contributed by atoms with Gasteiger partial charge < -0.3 is 5.11 Å². The van der Waals surface area contributed by atoms with Crippen molar-refractivity contribution in [2.24, 2.45) is 0 Å². The zero-order valence-corrected chi connectivity index (χ0v) is 9.49. The van der Waals surface area contributed by atoms with Gasteiger partial charge in [0, 0.05) is 0 Å². The van der Waals surface area contributed by atoms with Gasteiger partial charge in [0.25, 0.3) is 0 Å². The Morgan fingerprint density at radius 2 is 2.46 bits per heavy atom. The highest BCUT2D eigenvalue weighted by atomic mass is 32.2. The fraction of sp³-hybridized carbons (Fsp3) is 0.400. The highest BCUT2D eigenvalue weighted by Gasteiger charge is 2.21. The van der Waals surface area contributed by atoms with E-state index in [1.165, 1.54) is 0 Å². The first-order valence-electron chi connectivity index (χ1n) is 4.09. The van der Waals surface area contributed by atoms with Crippen molar-refractivity contribution >= 4 is 23.1 Å². The topological polar surface area (TPSA) is 20.2 Å². The molecule has 0 aromatic carbocycles. The lowest BCUT2D eigenvalue weighted by atomic mass is 9.95. The summed E-state index contributed by atoms with van der Waals surface area (Å²) in [5.74, 6) is 0. The minimum Gasteiger partial charge on any atom is -0.385 e. The van der Waals surface area contributed by atoms with E-state index in [1.807, 2.05) is 41.5 Å². The van der Waals surface area contributed by atoms with Crippen molar-refractivity contribution in [3.63, 3.8) is 0 Å². The van der Waals surface area contributed by atoms with E-state index in [1.54, 1.807) is 23.1 Å². The van der Waals surface area contributed by atoms with Crippen molar-refractivity contribution in [2.45, 2.75) is 18.9 Å². The van der Waals surface area contributed by atoms with E-state index >= 15 is 0 Å². The first kappa shape index (κ1) is 10.8. The van der Waals surface area contributed by atoms with Crippen LogP contribution in [-0.2, 0) is 5.60 Å².